The zero-order valence-electron chi connectivity index (χ0n) is 9.17. The average Bonchev–Trinajstić information content (AvgIpc) is 2.51. The van der Waals surface area contributed by atoms with Crippen LogP contribution in [0.4, 0.5) is 0 Å². The smallest absolute Gasteiger partial charge is 0.116 e. The van der Waals surface area contributed by atoms with Crippen molar-refractivity contribution < 1.29 is 4.42 Å². The maximum absolute atomic E-state index is 5.35. The third-order valence-electron chi connectivity index (χ3n) is 2.00. The Balaban J connectivity index is 2.08. The van der Waals surface area contributed by atoms with Gasteiger partial charge in [0.05, 0.1) is 12.0 Å². The SMILES string of the molecule is Cc1ccoc1CSCCNC(C)C. The summed E-state index contributed by atoms with van der Waals surface area (Å²) in [5.74, 6) is 3.23. The van der Waals surface area contributed by atoms with Gasteiger partial charge in [0.25, 0.3) is 0 Å². The van der Waals surface area contributed by atoms with Crippen molar-refractivity contribution in [1.82, 2.24) is 5.32 Å². The Hall–Kier alpha value is -0.410. The Labute approximate surface area is 90.5 Å². The van der Waals surface area contributed by atoms with Crippen LogP contribution >= 0.6 is 11.8 Å². The molecule has 0 saturated carbocycles. The van der Waals surface area contributed by atoms with Gasteiger partial charge in [-0.25, -0.2) is 0 Å². The summed E-state index contributed by atoms with van der Waals surface area (Å²) in [4.78, 5) is 0. The Bertz CT molecular complexity index is 258. The van der Waals surface area contributed by atoms with Crippen molar-refractivity contribution in [2.75, 3.05) is 12.3 Å². The molecule has 0 radical (unpaired) electrons. The summed E-state index contributed by atoms with van der Waals surface area (Å²) in [5.41, 5.74) is 1.26. The van der Waals surface area contributed by atoms with Crippen molar-refractivity contribution in [3.8, 4) is 0 Å². The number of hydrogen-bond acceptors (Lipinski definition) is 3. The molecule has 0 aliphatic heterocycles. The van der Waals surface area contributed by atoms with Crippen LogP contribution in [0.5, 0.6) is 0 Å². The average molecular weight is 213 g/mol. The van der Waals surface area contributed by atoms with Gasteiger partial charge >= 0.3 is 0 Å². The Morgan fingerprint density at radius 3 is 2.86 bits per heavy atom. The molecule has 0 aliphatic carbocycles. The van der Waals surface area contributed by atoms with Gasteiger partial charge in [0.1, 0.15) is 5.76 Å². The fourth-order valence-corrected chi connectivity index (χ4v) is 2.02. The fourth-order valence-electron chi connectivity index (χ4n) is 1.14. The van der Waals surface area contributed by atoms with E-state index in [-0.39, 0.29) is 0 Å². The predicted octanol–water partition coefficient (Wildman–Crippen LogP) is 2.82. The summed E-state index contributed by atoms with van der Waals surface area (Å²) in [7, 11) is 0. The summed E-state index contributed by atoms with van der Waals surface area (Å²) in [6.07, 6.45) is 1.76. The van der Waals surface area contributed by atoms with Crippen LogP contribution in [0.3, 0.4) is 0 Å². The molecule has 0 bridgehead atoms. The second kappa shape index (κ2) is 6.14. The molecule has 1 aromatic heterocycles. The van der Waals surface area contributed by atoms with Crippen molar-refractivity contribution >= 4 is 11.8 Å². The van der Waals surface area contributed by atoms with E-state index in [0.29, 0.717) is 6.04 Å². The largest absolute Gasteiger partial charge is 0.468 e. The van der Waals surface area contributed by atoms with E-state index in [9.17, 15) is 0 Å². The molecule has 0 saturated heterocycles. The summed E-state index contributed by atoms with van der Waals surface area (Å²) in [6.45, 7) is 7.50. The minimum Gasteiger partial charge on any atom is -0.468 e. The van der Waals surface area contributed by atoms with Gasteiger partial charge in [-0.15, -0.1) is 0 Å². The van der Waals surface area contributed by atoms with Crippen LogP contribution in [0.15, 0.2) is 16.7 Å². The number of furan rings is 1. The minimum absolute atomic E-state index is 0.584. The van der Waals surface area contributed by atoms with E-state index in [0.717, 1.165) is 23.8 Å². The van der Waals surface area contributed by atoms with Crippen molar-refractivity contribution in [3.63, 3.8) is 0 Å². The quantitative estimate of drug-likeness (QED) is 0.736. The Morgan fingerprint density at radius 2 is 2.29 bits per heavy atom. The Morgan fingerprint density at radius 1 is 1.50 bits per heavy atom. The standard InChI is InChI=1S/C11H19NOS/c1-9(2)12-5-7-14-8-11-10(3)4-6-13-11/h4,6,9,12H,5,7-8H2,1-3H3. The second-order valence-corrected chi connectivity index (χ2v) is 4.79. The monoisotopic (exact) mass is 213 g/mol. The van der Waals surface area contributed by atoms with Gasteiger partial charge in [0, 0.05) is 18.3 Å². The number of hydrogen-bond donors (Lipinski definition) is 1. The molecule has 0 amide bonds. The molecule has 1 aromatic rings. The maximum atomic E-state index is 5.35. The molecule has 0 fully saturated rings. The lowest BCUT2D eigenvalue weighted by atomic mass is 10.3. The van der Waals surface area contributed by atoms with Gasteiger partial charge in [-0.05, 0) is 18.6 Å². The van der Waals surface area contributed by atoms with Crippen LogP contribution in [-0.2, 0) is 5.75 Å². The predicted molar refractivity (Wildman–Crippen MR) is 62.7 cm³/mol. The number of nitrogens with one attached hydrogen (secondary N) is 1. The van der Waals surface area contributed by atoms with Crippen LogP contribution in [0.1, 0.15) is 25.2 Å². The molecule has 0 aromatic carbocycles. The van der Waals surface area contributed by atoms with Crippen molar-refractivity contribution in [1.29, 1.82) is 0 Å². The zero-order valence-corrected chi connectivity index (χ0v) is 9.99. The van der Waals surface area contributed by atoms with Crippen LogP contribution in [0.2, 0.25) is 0 Å². The molecule has 80 valence electrons. The molecule has 0 spiro atoms. The van der Waals surface area contributed by atoms with Crippen LogP contribution < -0.4 is 5.32 Å². The first-order valence-corrected chi connectivity index (χ1v) is 6.19. The molecule has 14 heavy (non-hydrogen) atoms. The van der Waals surface area contributed by atoms with Crippen molar-refractivity contribution in [2.45, 2.75) is 32.6 Å². The molecule has 0 atom stereocenters. The number of rotatable bonds is 6. The lowest BCUT2D eigenvalue weighted by Gasteiger charge is -2.06. The topological polar surface area (TPSA) is 25.2 Å². The maximum Gasteiger partial charge on any atom is 0.116 e. The number of thioether (sulfide) groups is 1. The van der Waals surface area contributed by atoms with Gasteiger partial charge in [-0.3, -0.25) is 0 Å². The van der Waals surface area contributed by atoms with E-state index in [1.807, 2.05) is 17.8 Å². The van der Waals surface area contributed by atoms with Gasteiger partial charge < -0.3 is 9.73 Å². The summed E-state index contributed by atoms with van der Waals surface area (Å²) < 4.78 is 5.35. The lowest BCUT2D eigenvalue weighted by molar-refractivity contribution is 0.527. The normalized spacial score (nSPS) is 11.1. The molecule has 2 nitrogen and oxygen atoms in total. The van der Waals surface area contributed by atoms with E-state index < -0.39 is 0 Å². The van der Waals surface area contributed by atoms with Crippen LogP contribution in [0, 0.1) is 6.92 Å². The van der Waals surface area contributed by atoms with Gasteiger partial charge in [-0.2, -0.15) is 11.8 Å². The van der Waals surface area contributed by atoms with Crippen LogP contribution in [-0.4, -0.2) is 18.3 Å². The highest BCUT2D eigenvalue weighted by molar-refractivity contribution is 7.98. The highest BCUT2D eigenvalue weighted by Gasteiger charge is 2.01. The first-order chi connectivity index (χ1) is 6.70. The first-order valence-electron chi connectivity index (χ1n) is 5.04. The highest BCUT2D eigenvalue weighted by atomic mass is 32.2. The van der Waals surface area contributed by atoms with Crippen LogP contribution in [0.25, 0.3) is 0 Å². The summed E-state index contributed by atoms with van der Waals surface area (Å²) >= 11 is 1.91. The zero-order chi connectivity index (χ0) is 10.4. The molecular weight excluding hydrogens is 194 g/mol. The first kappa shape index (κ1) is 11.7. The van der Waals surface area contributed by atoms with E-state index >= 15 is 0 Å². The minimum atomic E-state index is 0.584. The van der Waals surface area contributed by atoms with Gasteiger partial charge in [0.2, 0.25) is 0 Å². The van der Waals surface area contributed by atoms with Gasteiger partial charge in [-0.1, -0.05) is 13.8 Å². The second-order valence-electron chi connectivity index (χ2n) is 3.69. The molecule has 0 unspecified atom stereocenters. The molecular formula is C11H19NOS. The molecule has 1 rings (SSSR count). The molecule has 1 heterocycles. The molecule has 3 heteroatoms. The third kappa shape index (κ3) is 4.20. The lowest BCUT2D eigenvalue weighted by Crippen LogP contribution is -2.24. The van der Waals surface area contributed by atoms with E-state index in [4.69, 9.17) is 4.42 Å². The number of aryl methyl sites for hydroxylation is 1. The molecule has 1 N–H and O–H groups in total. The third-order valence-corrected chi connectivity index (χ3v) is 2.96. The van der Waals surface area contributed by atoms with E-state index in [1.165, 1.54) is 5.56 Å². The van der Waals surface area contributed by atoms with Gasteiger partial charge in [0.15, 0.2) is 0 Å². The summed E-state index contributed by atoms with van der Waals surface area (Å²) in [6, 6.07) is 2.60. The van der Waals surface area contributed by atoms with Crippen molar-refractivity contribution in [2.24, 2.45) is 0 Å². The summed E-state index contributed by atoms with van der Waals surface area (Å²) in [5, 5.41) is 3.39. The fraction of sp³-hybridized carbons (Fsp3) is 0.636. The van der Waals surface area contributed by atoms with E-state index in [2.05, 4.69) is 26.1 Å². The highest BCUT2D eigenvalue weighted by Crippen LogP contribution is 2.16. The van der Waals surface area contributed by atoms with Crippen molar-refractivity contribution in [3.05, 3.63) is 23.7 Å². The molecule has 0 aliphatic rings. The van der Waals surface area contributed by atoms with E-state index in [1.54, 1.807) is 6.26 Å². The Kier molecular flexibility index (Phi) is 5.12.